The molecule has 17 heavy (non-hydrogen) atoms. The largest absolute Gasteiger partial charge is 0.450 e. The van der Waals surface area contributed by atoms with E-state index in [0.29, 0.717) is 25.6 Å². The highest BCUT2D eigenvalue weighted by Gasteiger charge is 2.27. The van der Waals surface area contributed by atoms with Crippen LogP contribution in [0.3, 0.4) is 0 Å². The maximum atomic E-state index is 11.5. The van der Waals surface area contributed by atoms with Crippen LogP contribution in [0.2, 0.25) is 0 Å². The molecule has 1 aliphatic rings. The first-order chi connectivity index (χ1) is 8.20. The van der Waals surface area contributed by atoms with Crippen LogP contribution >= 0.6 is 0 Å². The number of likely N-dealkylation sites (tertiary alicyclic amines) is 1. The molecule has 0 radical (unpaired) electrons. The fourth-order valence-electron chi connectivity index (χ4n) is 2.02. The minimum Gasteiger partial charge on any atom is -0.450 e. The third-order valence-corrected chi connectivity index (χ3v) is 2.93. The molecule has 0 bridgehead atoms. The van der Waals surface area contributed by atoms with E-state index in [0.717, 1.165) is 18.7 Å². The van der Waals surface area contributed by atoms with Gasteiger partial charge in [0.25, 0.3) is 0 Å². The van der Waals surface area contributed by atoms with Gasteiger partial charge in [-0.2, -0.15) is 4.98 Å². The van der Waals surface area contributed by atoms with E-state index in [2.05, 4.69) is 10.1 Å². The summed E-state index contributed by atoms with van der Waals surface area (Å²) in [6, 6.07) is 0. The van der Waals surface area contributed by atoms with E-state index in [9.17, 15) is 4.79 Å². The minimum atomic E-state index is -0.227. The lowest BCUT2D eigenvalue weighted by atomic mass is 9.96. The summed E-state index contributed by atoms with van der Waals surface area (Å²) in [5.74, 6) is 1.64. The Morgan fingerprint density at radius 3 is 2.76 bits per heavy atom. The fourth-order valence-corrected chi connectivity index (χ4v) is 2.02. The molecule has 1 fully saturated rings. The number of nitrogens with zero attached hydrogens (tertiary/aromatic N) is 3. The molecule has 2 heterocycles. The molecule has 0 unspecified atom stereocenters. The molecule has 2 rings (SSSR count). The van der Waals surface area contributed by atoms with Crippen molar-refractivity contribution in [2.45, 2.75) is 32.6 Å². The Bertz CT molecular complexity index is 383. The molecule has 1 saturated heterocycles. The van der Waals surface area contributed by atoms with Gasteiger partial charge in [0.2, 0.25) is 5.89 Å². The standard InChI is InChI=1S/C11H17N3O3/c1-3-16-11(15)14-6-4-9(5-7-14)10-12-8(2)17-13-10/h9H,3-7H2,1-2H3. The SMILES string of the molecule is CCOC(=O)N1CCC(c2noc(C)n2)CC1. The molecule has 1 amide bonds. The van der Waals surface area contributed by atoms with E-state index in [1.54, 1.807) is 11.8 Å². The predicted molar refractivity (Wildman–Crippen MR) is 59.6 cm³/mol. The van der Waals surface area contributed by atoms with Crippen LogP contribution in [0.25, 0.3) is 0 Å². The van der Waals surface area contributed by atoms with E-state index < -0.39 is 0 Å². The summed E-state index contributed by atoms with van der Waals surface area (Å²) in [4.78, 5) is 17.5. The molecule has 1 aromatic heterocycles. The number of amides is 1. The van der Waals surface area contributed by atoms with Crippen LogP contribution in [0.4, 0.5) is 4.79 Å². The van der Waals surface area contributed by atoms with E-state index in [1.807, 2.05) is 6.92 Å². The lowest BCUT2D eigenvalue weighted by molar-refractivity contribution is 0.0965. The Balaban J connectivity index is 1.88. The van der Waals surface area contributed by atoms with Crippen LogP contribution in [0, 0.1) is 6.92 Å². The Morgan fingerprint density at radius 2 is 2.24 bits per heavy atom. The monoisotopic (exact) mass is 239 g/mol. The van der Waals surface area contributed by atoms with Crippen LogP contribution in [0.1, 0.15) is 37.4 Å². The number of carbonyl (C=O) groups excluding carboxylic acids is 1. The van der Waals surface area contributed by atoms with Gasteiger partial charge in [-0.3, -0.25) is 0 Å². The van der Waals surface area contributed by atoms with Crippen LogP contribution in [0.15, 0.2) is 4.52 Å². The molecule has 6 heteroatoms. The zero-order valence-electron chi connectivity index (χ0n) is 10.2. The zero-order valence-corrected chi connectivity index (χ0v) is 10.2. The highest BCUT2D eigenvalue weighted by Crippen LogP contribution is 2.25. The average Bonchev–Trinajstić information content (AvgIpc) is 2.76. The van der Waals surface area contributed by atoms with Gasteiger partial charge < -0.3 is 14.2 Å². The van der Waals surface area contributed by atoms with Gasteiger partial charge in [-0.25, -0.2) is 4.79 Å². The van der Waals surface area contributed by atoms with Crippen molar-refractivity contribution in [1.82, 2.24) is 15.0 Å². The van der Waals surface area contributed by atoms with Crippen molar-refractivity contribution in [3.05, 3.63) is 11.7 Å². The van der Waals surface area contributed by atoms with E-state index >= 15 is 0 Å². The van der Waals surface area contributed by atoms with Crippen molar-refractivity contribution in [1.29, 1.82) is 0 Å². The summed E-state index contributed by atoms with van der Waals surface area (Å²) in [6.07, 6.45) is 1.49. The van der Waals surface area contributed by atoms with Gasteiger partial charge in [-0.15, -0.1) is 0 Å². The summed E-state index contributed by atoms with van der Waals surface area (Å²) in [7, 11) is 0. The topological polar surface area (TPSA) is 68.5 Å². The lowest BCUT2D eigenvalue weighted by Gasteiger charge is -2.29. The Morgan fingerprint density at radius 1 is 1.53 bits per heavy atom. The predicted octanol–water partition coefficient (Wildman–Crippen LogP) is 1.71. The van der Waals surface area contributed by atoms with Crippen molar-refractivity contribution < 1.29 is 14.1 Å². The molecule has 94 valence electrons. The van der Waals surface area contributed by atoms with Crippen molar-refractivity contribution in [2.75, 3.05) is 19.7 Å². The summed E-state index contributed by atoms with van der Waals surface area (Å²) in [6.45, 7) is 5.40. The number of aromatic nitrogens is 2. The second-order valence-corrected chi connectivity index (χ2v) is 4.13. The normalized spacial score (nSPS) is 17.2. The summed E-state index contributed by atoms with van der Waals surface area (Å²) in [5.41, 5.74) is 0. The maximum Gasteiger partial charge on any atom is 0.409 e. The number of ether oxygens (including phenoxy) is 1. The zero-order chi connectivity index (χ0) is 12.3. The van der Waals surface area contributed by atoms with Crippen LogP contribution in [-0.4, -0.2) is 40.8 Å². The molecule has 0 atom stereocenters. The summed E-state index contributed by atoms with van der Waals surface area (Å²) < 4.78 is 9.93. The number of aryl methyl sites for hydroxylation is 1. The van der Waals surface area contributed by atoms with E-state index in [4.69, 9.17) is 9.26 Å². The number of hydrogen-bond acceptors (Lipinski definition) is 5. The molecule has 0 aromatic carbocycles. The third kappa shape index (κ3) is 2.75. The van der Waals surface area contributed by atoms with Crippen molar-refractivity contribution in [3.63, 3.8) is 0 Å². The Labute approximate surface area is 99.9 Å². The molecular weight excluding hydrogens is 222 g/mol. The molecule has 0 saturated carbocycles. The Hall–Kier alpha value is -1.59. The molecule has 0 N–H and O–H groups in total. The van der Waals surface area contributed by atoms with Gasteiger partial charge in [-0.1, -0.05) is 5.16 Å². The molecular formula is C11H17N3O3. The van der Waals surface area contributed by atoms with Gasteiger partial charge in [-0.05, 0) is 19.8 Å². The molecule has 6 nitrogen and oxygen atoms in total. The van der Waals surface area contributed by atoms with Crippen molar-refractivity contribution in [2.24, 2.45) is 0 Å². The van der Waals surface area contributed by atoms with Gasteiger partial charge in [0.15, 0.2) is 5.82 Å². The number of piperidine rings is 1. The molecule has 1 aliphatic heterocycles. The first kappa shape index (κ1) is 11.9. The lowest BCUT2D eigenvalue weighted by Crippen LogP contribution is -2.38. The average molecular weight is 239 g/mol. The second kappa shape index (κ2) is 5.16. The van der Waals surface area contributed by atoms with Gasteiger partial charge in [0, 0.05) is 25.9 Å². The first-order valence-corrected chi connectivity index (χ1v) is 5.92. The van der Waals surface area contributed by atoms with Crippen molar-refractivity contribution >= 4 is 6.09 Å². The Kier molecular flexibility index (Phi) is 3.61. The maximum absolute atomic E-state index is 11.5. The van der Waals surface area contributed by atoms with Gasteiger partial charge in [0.05, 0.1) is 6.61 Å². The van der Waals surface area contributed by atoms with E-state index in [1.165, 1.54) is 0 Å². The van der Waals surface area contributed by atoms with Crippen LogP contribution in [0.5, 0.6) is 0 Å². The van der Waals surface area contributed by atoms with Crippen LogP contribution in [-0.2, 0) is 4.74 Å². The second-order valence-electron chi connectivity index (χ2n) is 4.13. The summed E-state index contributed by atoms with van der Waals surface area (Å²) >= 11 is 0. The number of carbonyl (C=O) groups is 1. The first-order valence-electron chi connectivity index (χ1n) is 5.92. The van der Waals surface area contributed by atoms with E-state index in [-0.39, 0.29) is 12.0 Å². The number of hydrogen-bond donors (Lipinski definition) is 0. The summed E-state index contributed by atoms with van der Waals surface area (Å²) in [5, 5.41) is 3.92. The van der Waals surface area contributed by atoms with Crippen LogP contribution < -0.4 is 0 Å². The highest BCUT2D eigenvalue weighted by molar-refractivity contribution is 5.67. The molecule has 0 aliphatic carbocycles. The van der Waals surface area contributed by atoms with Gasteiger partial charge >= 0.3 is 6.09 Å². The third-order valence-electron chi connectivity index (χ3n) is 2.93. The van der Waals surface area contributed by atoms with Crippen molar-refractivity contribution in [3.8, 4) is 0 Å². The molecule has 0 spiro atoms. The fraction of sp³-hybridized carbons (Fsp3) is 0.727. The molecule has 1 aromatic rings. The number of rotatable bonds is 2. The smallest absolute Gasteiger partial charge is 0.409 e. The highest BCUT2D eigenvalue weighted by atomic mass is 16.6. The van der Waals surface area contributed by atoms with Gasteiger partial charge in [0.1, 0.15) is 0 Å². The quantitative estimate of drug-likeness (QED) is 0.785. The minimum absolute atomic E-state index is 0.227.